The molecule has 0 atom stereocenters. The van der Waals surface area contributed by atoms with Crippen LogP contribution in [0.15, 0.2) is 69.1 Å². The number of hydrogen-bond acceptors (Lipinski definition) is 8. The summed E-state index contributed by atoms with van der Waals surface area (Å²) in [7, 11) is 3.78. The van der Waals surface area contributed by atoms with Crippen LogP contribution in [-0.2, 0) is 0 Å². The van der Waals surface area contributed by atoms with E-state index in [-0.39, 0.29) is 17.1 Å². The minimum absolute atomic E-state index is 0.138. The Balaban J connectivity index is 1.74. The first-order chi connectivity index (χ1) is 16.2. The topological polar surface area (TPSA) is 116 Å². The normalized spacial score (nSPS) is 11.2. The number of benzene rings is 2. The van der Waals surface area contributed by atoms with Crippen LogP contribution in [0.5, 0.6) is 11.6 Å². The van der Waals surface area contributed by atoms with Gasteiger partial charge in [-0.05, 0) is 37.3 Å². The summed E-state index contributed by atoms with van der Waals surface area (Å²) in [6.07, 6.45) is 2.63. The average molecular weight is 523 g/mol. The monoisotopic (exact) mass is 522 g/mol. The molecular weight excluding hydrogens is 504 g/mol. The molecule has 0 aliphatic heterocycles. The van der Waals surface area contributed by atoms with Gasteiger partial charge < -0.3 is 9.64 Å². The average Bonchev–Trinajstić information content (AvgIpc) is 2.80. The molecule has 10 nitrogen and oxygen atoms in total. The quantitative estimate of drug-likeness (QED) is 0.207. The van der Waals surface area contributed by atoms with Gasteiger partial charge in [-0.1, -0.05) is 15.9 Å². The summed E-state index contributed by atoms with van der Waals surface area (Å²) >= 11 is 3.38. The van der Waals surface area contributed by atoms with Crippen molar-refractivity contribution in [1.29, 1.82) is 0 Å². The number of rotatable bonds is 6. The fraction of sp³-hybridized carbons (Fsp3) is 0.130. The highest BCUT2D eigenvalue weighted by molar-refractivity contribution is 9.10. The number of halogens is 1. The van der Waals surface area contributed by atoms with Gasteiger partial charge in [-0.25, -0.2) is 9.97 Å². The number of nitro groups is 1. The standard InChI is InChI=1S/C23H19BrN6O4/c1-14-27-20-8-5-16(24)10-19(20)23(31)29(14)26-12-15-4-6-17(28(2)3)11-21(15)34-22-9-7-18(13-25-22)30(32)33/h4-13H,1-3H3. The van der Waals surface area contributed by atoms with Crippen LogP contribution in [0.3, 0.4) is 0 Å². The van der Waals surface area contributed by atoms with Gasteiger partial charge in [0, 0.05) is 48.0 Å². The van der Waals surface area contributed by atoms with Gasteiger partial charge in [0.15, 0.2) is 0 Å². The van der Waals surface area contributed by atoms with Crippen molar-refractivity contribution in [2.75, 3.05) is 19.0 Å². The molecule has 0 unspecified atom stereocenters. The number of hydrogen-bond donors (Lipinski definition) is 0. The molecule has 0 fully saturated rings. The van der Waals surface area contributed by atoms with Gasteiger partial charge in [-0.15, -0.1) is 0 Å². The van der Waals surface area contributed by atoms with E-state index in [1.54, 1.807) is 31.2 Å². The summed E-state index contributed by atoms with van der Waals surface area (Å²) in [5.41, 5.74) is 1.58. The summed E-state index contributed by atoms with van der Waals surface area (Å²) in [5, 5.41) is 15.7. The number of aryl methyl sites for hydroxylation is 1. The van der Waals surface area contributed by atoms with Gasteiger partial charge >= 0.3 is 0 Å². The number of nitrogens with zero attached hydrogens (tertiary/aromatic N) is 6. The second-order valence-electron chi connectivity index (χ2n) is 7.51. The van der Waals surface area contributed by atoms with Crippen molar-refractivity contribution in [3.05, 3.63) is 91.1 Å². The number of fused-ring (bicyclic) bond motifs is 1. The molecule has 2 aromatic heterocycles. The Bertz CT molecular complexity index is 1480. The Kier molecular flexibility index (Phi) is 6.37. The van der Waals surface area contributed by atoms with Gasteiger partial charge in [0.2, 0.25) is 5.88 Å². The zero-order valence-corrected chi connectivity index (χ0v) is 20.1. The lowest BCUT2D eigenvalue weighted by atomic mass is 10.2. The molecular formula is C23H19BrN6O4. The molecule has 0 radical (unpaired) electrons. The lowest BCUT2D eigenvalue weighted by Crippen LogP contribution is -2.20. The Morgan fingerprint density at radius 1 is 1.18 bits per heavy atom. The first kappa shape index (κ1) is 23.1. The van der Waals surface area contributed by atoms with Gasteiger partial charge in [0.05, 0.1) is 22.0 Å². The molecule has 0 saturated carbocycles. The van der Waals surface area contributed by atoms with E-state index < -0.39 is 4.92 Å². The molecule has 0 aliphatic carbocycles. The molecule has 0 saturated heterocycles. The number of aromatic nitrogens is 3. The van der Waals surface area contributed by atoms with Crippen LogP contribution >= 0.6 is 15.9 Å². The summed E-state index contributed by atoms with van der Waals surface area (Å²) in [6.45, 7) is 1.70. The van der Waals surface area contributed by atoms with E-state index in [2.05, 4.69) is 31.0 Å². The third-order valence-electron chi connectivity index (χ3n) is 4.94. The van der Waals surface area contributed by atoms with E-state index >= 15 is 0 Å². The van der Waals surface area contributed by atoms with Crippen LogP contribution in [0.25, 0.3) is 10.9 Å². The number of anilines is 1. The third kappa shape index (κ3) is 4.79. The van der Waals surface area contributed by atoms with E-state index in [1.807, 2.05) is 31.1 Å². The fourth-order valence-electron chi connectivity index (χ4n) is 3.17. The first-order valence-electron chi connectivity index (χ1n) is 10.1. The maximum absolute atomic E-state index is 13.0. The highest BCUT2D eigenvalue weighted by Crippen LogP contribution is 2.28. The van der Waals surface area contributed by atoms with Crippen LogP contribution in [0.2, 0.25) is 0 Å². The van der Waals surface area contributed by atoms with Crippen molar-refractivity contribution in [3.8, 4) is 11.6 Å². The third-order valence-corrected chi connectivity index (χ3v) is 5.44. The van der Waals surface area contributed by atoms with Crippen LogP contribution in [0, 0.1) is 17.0 Å². The van der Waals surface area contributed by atoms with E-state index in [4.69, 9.17) is 4.74 Å². The zero-order chi connectivity index (χ0) is 24.4. The van der Waals surface area contributed by atoms with Crippen molar-refractivity contribution in [2.24, 2.45) is 5.10 Å². The molecule has 0 N–H and O–H groups in total. The molecule has 0 spiro atoms. The molecule has 0 aliphatic rings. The minimum Gasteiger partial charge on any atom is -0.438 e. The van der Waals surface area contributed by atoms with E-state index in [0.29, 0.717) is 28.0 Å². The number of pyridine rings is 1. The first-order valence-corrected chi connectivity index (χ1v) is 10.8. The van der Waals surface area contributed by atoms with Crippen LogP contribution in [0.1, 0.15) is 11.4 Å². The summed E-state index contributed by atoms with van der Waals surface area (Å²) in [5.74, 6) is 1.03. The lowest BCUT2D eigenvalue weighted by Gasteiger charge is -2.15. The van der Waals surface area contributed by atoms with Crippen molar-refractivity contribution < 1.29 is 9.66 Å². The van der Waals surface area contributed by atoms with Gasteiger partial charge in [0.25, 0.3) is 11.2 Å². The van der Waals surface area contributed by atoms with E-state index in [9.17, 15) is 14.9 Å². The molecule has 0 bridgehead atoms. The van der Waals surface area contributed by atoms with Crippen molar-refractivity contribution >= 4 is 44.4 Å². The maximum atomic E-state index is 13.0. The summed E-state index contributed by atoms with van der Waals surface area (Å²) < 4.78 is 7.90. The highest BCUT2D eigenvalue weighted by Gasteiger charge is 2.12. The van der Waals surface area contributed by atoms with Crippen molar-refractivity contribution in [1.82, 2.24) is 14.6 Å². The van der Waals surface area contributed by atoms with E-state index in [1.165, 1.54) is 23.0 Å². The molecule has 11 heteroatoms. The van der Waals surface area contributed by atoms with Gasteiger partial charge in [-0.2, -0.15) is 9.78 Å². The predicted octanol–water partition coefficient (Wildman–Crippen LogP) is 4.51. The largest absolute Gasteiger partial charge is 0.438 e. The van der Waals surface area contributed by atoms with Crippen molar-refractivity contribution in [3.63, 3.8) is 0 Å². The molecule has 34 heavy (non-hydrogen) atoms. The molecule has 2 heterocycles. The zero-order valence-electron chi connectivity index (χ0n) is 18.5. The molecule has 0 amide bonds. The van der Waals surface area contributed by atoms with Crippen LogP contribution < -0.4 is 15.2 Å². The second kappa shape index (κ2) is 9.40. The van der Waals surface area contributed by atoms with Crippen LogP contribution in [-0.4, -0.2) is 39.9 Å². The van der Waals surface area contributed by atoms with Gasteiger partial charge in [-0.3, -0.25) is 14.9 Å². The smallest absolute Gasteiger partial charge is 0.287 e. The molecule has 4 rings (SSSR count). The van der Waals surface area contributed by atoms with Gasteiger partial charge in [0.1, 0.15) is 17.8 Å². The predicted molar refractivity (Wildman–Crippen MR) is 133 cm³/mol. The SMILES string of the molecule is Cc1nc2ccc(Br)cc2c(=O)n1N=Cc1ccc(N(C)C)cc1Oc1ccc([N+](=O)[O-])cn1. The maximum Gasteiger partial charge on any atom is 0.287 e. The summed E-state index contributed by atoms with van der Waals surface area (Å²) in [4.78, 5) is 33.7. The lowest BCUT2D eigenvalue weighted by molar-refractivity contribution is -0.385. The Hall–Kier alpha value is -4.12. The molecule has 4 aromatic rings. The molecule has 2 aromatic carbocycles. The Labute approximate surface area is 202 Å². The Morgan fingerprint density at radius 2 is 1.97 bits per heavy atom. The van der Waals surface area contributed by atoms with Crippen LogP contribution in [0.4, 0.5) is 11.4 Å². The minimum atomic E-state index is -0.530. The Morgan fingerprint density at radius 3 is 2.65 bits per heavy atom. The van der Waals surface area contributed by atoms with Crippen molar-refractivity contribution in [2.45, 2.75) is 6.92 Å². The van der Waals surface area contributed by atoms with E-state index in [0.717, 1.165) is 16.4 Å². The fourth-order valence-corrected chi connectivity index (χ4v) is 3.53. The second-order valence-corrected chi connectivity index (χ2v) is 8.43. The summed E-state index contributed by atoms with van der Waals surface area (Å²) in [6, 6.07) is 13.5. The number of ether oxygens (including phenoxy) is 1. The highest BCUT2D eigenvalue weighted by atomic mass is 79.9. The molecule has 172 valence electrons.